The van der Waals surface area contributed by atoms with Crippen LogP contribution in [0, 0.1) is 5.92 Å². The summed E-state index contributed by atoms with van der Waals surface area (Å²) in [4.78, 5) is 2.41. The molecule has 0 amide bonds. The molecule has 0 saturated carbocycles. The molecular formula is C17H30N2. The van der Waals surface area contributed by atoms with E-state index < -0.39 is 0 Å². The Balaban J connectivity index is 2.34. The van der Waals surface area contributed by atoms with Crippen molar-refractivity contribution < 1.29 is 0 Å². The largest absolute Gasteiger partial charge is 0.313 e. The molecule has 0 bridgehead atoms. The van der Waals surface area contributed by atoms with E-state index in [1.54, 1.807) is 0 Å². The van der Waals surface area contributed by atoms with Crippen molar-refractivity contribution in [3.05, 3.63) is 35.4 Å². The maximum Gasteiger partial charge on any atom is 0.0230 e. The Labute approximate surface area is 119 Å². The first-order chi connectivity index (χ1) is 9.11. The Hall–Kier alpha value is -0.860. The van der Waals surface area contributed by atoms with Gasteiger partial charge in [-0.25, -0.2) is 0 Å². The van der Waals surface area contributed by atoms with Crippen LogP contribution in [0.15, 0.2) is 24.3 Å². The fraction of sp³-hybridized carbons (Fsp3) is 0.647. The minimum atomic E-state index is 0.787. The van der Waals surface area contributed by atoms with Gasteiger partial charge in [0.15, 0.2) is 0 Å². The van der Waals surface area contributed by atoms with Crippen molar-refractivity contribution in [2.24, 2.45) is 5.92 Å². The van der Waals surface area contributed by atoms with Gasteiger partial charge < -0.3 is 10.2 Å². The maximum atomic E-state index is 3.43. The summed E-state index contributed by atoms with van der Waals surface area (Å²) in [5, 5.41) is 3.43. The number of nitrogens with one attached hydrogen (secondary N) is 1. The third-order valence-corrected chi connectivity index (χ3v) is 3.32. The molecule has 1 aromatic rings. The highest BCUT2D eigenvalue weighted by atomic mass is 15.1. The highest BCUT2D eigenvalue weighted by Crippen LogP contribution is 2.08. The predicted molar refractivity (Wildman–Crippen MR) is 84.2 cm³/mol. The highest BCUT2D eigenvalue weighted by Gasteiger charge is 2.02. The summed E-state index contributed by atoms with van der Waals surface area (Å²) in [5.41, 5.74) is 2.78. The van der Waals surface area contributed by atoms with Crippen molar-refractivity contribution in [1.29, 1.82) is 0 Å². The van der Waals surface area contributed by atoms with Gasteiger partial charge in [0.1, 0.15) is 0 Å². The van der Waals surface area contributed by atoms with Gasteiger partial charge >= 0.3 is 0 Å². The van der Waals surface area contributed by atoms with Gasteiger partial charge in [-0.05, 0) is 50.0 Å². The lowest BCUT2D eigenvalue weighted by Crippen LogP contribution is -2.20. The van der Waals surface area contributed by atoms with Gasteiger partial charge in [0.05, 0.1) is 0 Å². The van der Waals surface area contributed by atoms with Gasteiger partial charge in [0, 0.05) is 13.1 Å². The summed E-state index contributed by atoms with van der Waals surface area (Å²) >= 11 is 0. The Morgan fingerprint density at radius 1 is 1.11 bits per heavy atom. The van der Waals surface area contributed by atoms with Crippen molar-refractivity contribution in [3.8, 4) is 0 Å². The van der Waals surface area contributed by atoms with Gasteiger partial charge in [0.2, 0.25) is 0 Å². The Kier molecular flexibility index (Phi) is 7.76. The summed E-state index contributed by atoms with van der Waals surface area (Å²) in [6.07, 6.45) is 2.47. The quantitative estimate of drug-likeness (QED) is 0.683. The van der Waals surface area contributed by atoms with Crippen LogP contribution in [0.3, 0.4) is 0 Å². The number of hydrogen-bond donors (Lipinski definition) is 1. The summed E-state index contributed by atoms with van der Waals surface area (Å²) < 4.78 is 0. The molecule has 0 radical (unpaired) electrons. The van der Waals surface area contributed by atoms with Gasteiger partial charge in [-0.15, -0.1) is 0 Å². The zero-order valence-electron chi connectivity index (χ0n) is 13.1. The lowest BCUT2D eigenvalue weighted by molar-refractivity contribution is 0.303. The Morgan fingerprint density at radius 2 is 1.74 bits per heavy atom. The third kappa shape index (κ3) is 7.34. The van der Waals surface area contributed by atoms with E-state index in [1.807, 2.05) is 0 Å². The molecule has 0 aromatic heterocycles. The molecule has 2 heteroatoms. The molecule has 0 atom stereocenters. The number of benzene rings is 1. The predicted octanol–water partition coefficient (Wildman–Crippen LogP) is 3.66. The first-order valence-corrected chi connectivity index (χ1v) is 7.59. The summed E-state index contributed by atoms with van der Waals surface area (Å²) in [6.45, 7) is 11.1. The van der Waals surface area contributed by atoms with Crippen LogP contribution in [0.5, 0.6) is 0 Å². The molecule has 0 aliphatic carbocycles. The highest BCUT2D eigenvalue weighted by molar-refractivity contribution is 5.22. The molecule has 0 heterocycles. The van der Waals surface area contributed by atoms with E-state index in [-0.39, 0.29) is 0 Å². The molecule has 1 rings (SSSR count). The Bertz CT molecular complexity index is 330. The first kappa shape index (κ1) is 16.2. The van der Waals surface area contributed by atoms with Crippen LogP contribution >= 0.6 is 0 Å². The van der Waals surface area contributed by atoms with Crippen LogP contribution in [0.2, 0.25) is 0 Å². The standard InChI is InChI=1S/C17H30N2/c1-5-11-18-13-16-6-8-17(9-7-16)14-19(4)12-10-15(2)3/h6-9,15,18H,5,10-14H2,1-4H3. The normalized spacial score (nSPS) is 11.5. The lowest BCUT2D eigenvalue weighted by Gasteiger charge is -2.18. The molecule has 2 nitrogen and oxygen atoms in total. The molecule has 0 aliphatic rings. The van der Waals surface area contributed by atoms with Crippen molar-refractivity contribution in [3.63, 3.8) is 0 Å². The van der Waals surface area contributed by atoms with Crippen LogP contribution < -0.4 is 5.32 Å². The summed E-state index contributed by atoms with van der Waals surface area (Å²) in [6, 6.07) is 9.01. The van der Waals surface area contributed by atoms with Crippen LogP contribution in [-0.4, -0.2) is 25.0 Å². The average Bonchev–Trinajstić information content (AvgIpc) is 2.39. The van der Waals surface area contributed by atoms with E-state index in [4.69, 9.17) is 0 Å². The van der Waals surface area contributed by atoms with Crippen molar-refractivity contribution in [2.45, 2.75) is 46.7 Å². The van der Waals surface area contributed by atoms with Gasteiger partial charge in [-0.2, -0.15) is 0 Å². The smallest absolute Gasteiger partial charge is 0.0230 e. The van der Waals surface area contributed by atoms with E-state index in [2.05, 4.69) is 62.3 Å². The van der Waals surface area contributed by atoms with E-state index >= 15 is 0 Å². The molecule has 1 N–H and O–H groups in total. The van der Waals surface area contributed by atoms with Crippen molar-refractivity contribution in [2.75, 3.05) is 20.1 Å². The number of nitrogens with zero attached hydrogens (tertiary/aromatic N) is 1. The van der Waals surface area contributed by atoms with Gasteiger partial charge in [-0.1, -0.05) is 45.0 Å². The molecule has 1 aromatic carbocycles. The third-order valence-electron chi connectivity index (χ3n) is 3.32. The van der Waals surface area contributed by atoms with E-state index in [9.17, 15) is 0 Å². The molecule has 19 heavy (non-hydrogen) atoms. The van der Waals surface area contributed by atoms with E-state index in [1.165, 1.54) is 30.5 Å². The second-order valence-electron chi connectivity index (χ2n) is 5.91. The van der Waals surface area contributed by atoms with Crippen LogP contribution in [0.4, 0.5) is 0 Å². The van der Waals surface area contributed by atoms with E-state index in [0.717, 1.165) is 25.6 Å². The fourth-order valence-corrected chi connectivity index (χ4v) is 2.04. The molecule has 0 fully saturated rings. The minimum Gasteiger partial charge on any atom is -0.313 e. The van der Waals surface area contributed by atoms with Crippen molar-refractivity contribution in [1.82, 2.24) is 10.2 Å². The topological polar surface area (TPSA) is 15.3 Å². The summed E-state index contributed by atoms with van der Waals surface area (Å²) in [7, 11) is 2.21. The molecule has 108 valence electrons. The second kappa shape index (κ2) is 9.11. The molecule has 0 unspecified atom stereocenters. The maximum absolute atomic E-state index is 3.43. The van der Waals surface area contributed by atoms with Gasteiger partial charge in [-0.3, -0.25) is 0 Å². The van der Waals surface area contributed by atoms with Crippen LogP contribution in [0.1, 0.15) is 44.7 Å². The average molecular weight is 262 g/mol. The first-order valence-electron chi connectivity index (χ1n) is 7.59. The Morgan fingerprint density at radius 3 is 2.32 bits per heavy atom. The van der Waals surface area contributed by atoms with Crippen molar-refractivity contribution >= 4 is 0 Å². The summed E-state index contributed by atoms with van der Waals surface area (Å²) in [5.74, 6) is 0.787. The van der Waals surface area contributed by atoms with E-state index in [0.29, 0.717) is 0 Å². The SMILES string of the molecule is CCCNCc1ccc(CN(C)CCC(C)C)cc1. The molecular weight excluding hydrogens is 232 g/mol. The fourth-order valence-electron chi connectivity index (χ4n) is 2.04. The zero-order valence-corrected chi connectivity index (χ0v) is 13.1. The zero-order chi connectivity index (χ0) is 14.1. The van der Waals surface area contributed by atoms with Gasteiger partial charge in [0.25, 0.3) is 0 Å². The molecule has 0 spiro atoms. The monoisotopic (exact) mass is 262 g/mol. The molecule has 0 aliphatic heterocycles. The lowest BCUT2D eigenvalue weighted by atomic mass is 10.1. The van der Waals surface area contributed by atoms with Crippen LogP contribution in [0.25, 0.3) is 0 Å². The minimum absolute atomic E-state index is 0.787. The molecule has 0 saturated heterocycles. The second-order valence-corrected chi connectivity index (χ2v) is 5.91. The number of rotatable bonds is 9. The van der Waals surface area contributed by atoms with Crippen LogP contribution in [-0.2, 0) is 13.1 Å². The number of hydrogen-bond acceptors (Lipinski definition) is 2.